The fourth-order valence-corrected chi connectivity index (χ4v) is 1.85. The quantitative estimate of drug-likeness (QED) is 0.912. The third kappa shape index (κ3) is 3.10. The normalized spacial score (nSPS) is 10.0. The number of aromatic nitrogens is 1. The highest BCUT2D eigenvalue weighted by molar-refractivity contribution is 9.10. The first-order valence-electron chi connectivity index (χ1n) is 5.00. The summed E-state index contributed by atoms with van der Waals surface area (Å²) in [4.78, 5) is 4.17. The fourth-order valence-electron chi connectivity index (χ4n) is 1.38. The van der Waals surface area contributed by atoms with E-state index in [-0.39, 0.29) is 0 Å². The third-order valence-electron chi connectivity index (χ3n) is 2.17. The van der Waals surface area contributed by atoms with E-state index < -0.39 is 0 Å². The van der Waals surface area contributed by atoms with E-state index in [0.29, 0.717) is 5.69 Å². The van der Waals surface area contributed by atoms with Crippen LogP contribution in [0.25, 0.3) is 0 Å². The van der Waals surface area contributed by atoms with Crippen LogP contribution in [0.1, 0.15) is 0 Å². The van der Waals surface area contributed by atoms with Crippen molar-refractivity contribution in [1.82, 2.24) is 4.98 Å². The number of rotatable bonds is 3. The largest absolute Gasteiger partial charge is 0.497 e. The summed E-state index contributed by atoms with van der Waals surface area (Å²) in [5.41, 5.74) is 7.11. The summed E-state index contributed by atoms with van der Waals surface area (Å²) in [5.74, 6) is 1.51. The van der Waals surface area contributed by atoms with Crippen molar-refractivity contribution in [3.05, 3.63) is 41.0 Å². The summed E-state index contributed by atoms with van der Waals surface area (Å²) in [6, 6.07) is 9.35. The lowest BCUT2D eigenvalue weighted by Crippen LogP contribution is -1.95. The van der Waals surface area contributed by atoms with Gasteiger partial charge in [-0.05, 0) is 24.3 Å². The molecule has 1 heterocycles. The fraction of sp³-hybridized carbons (Fsp3) is 0.0833. The predicted octanol–water partition coefficient (Wildman–Crippen LogP) is 3.18. The Bertz CT molecular complexity index is 514. The summed E-state index contributed by atoms with van der Waals surface area (Å²) in [6.07, 6.45) is 1.61. The van der Waals surface area contributed by atoms with E-state index in [1.807, 2.05) is 24.3 Å². The zero-order valence-electron chi connectivity index (χ0n) is 9.27. The van der Waals surface area contributed by atoms with E-state index in [9.17, 15) is 0 Å². The molecule has 0 unspecified atom stereocenters. The molecule has 2 aromatic rings. The highest BCUT2D eigenvalue weighted by Crippen LogP contribution is 2.26. The molecular formula is C12H12BrN3O. The monoisotopic (exact) mass is 293 g/mol. The standard InChI is InChI=1S/C12H12BrN3O/c1-17-11-5-8(13)4-10(6-11)16-12-3-2-9(14)7-15-12/h2-7H,14H2,1H3,(H,15,16). The summed E-state index contributed by atoms with van der Waals surface area (Å²) in [5, 5.41) is 3.17. The van der Waals surface area contributed by atoms with Crippen molar-refractivity contribution < 1.29 is 4.74 Å². The van der Waals surface area contributed by atoms with Crippen LogP contribution in [0.4, 0.5) is 17.2 Å². The zero-order valence-corrected chi connectivity index (χ0v) is 10.9. The zero-order chi connectivity index (χ0) is 12.3. The second kappa shape index (κ2) is 5.05. The smallest absolute Gasteiger partial charge is 0.130 e. The van der Waals surface area contributed by atoms with Crippen LogP contribution in [0.15, 0.2) is 41.0 Å². The van der Waals surface area contributed by atoms with Gasteiger partial charge in [0.1, 0.15) is 11.6 Å². The molecule has 4 nitrogen and oxygen atoms in total. The molecule has 88 valence electrons. The van der Waals surface area contributed by atoms with Gasteiger partial charge in [-0.25, -0.2) is 4.98 Å². The molecule has 0 saturated heterocycles. The van der Waals surface area contributed by atoms with Gasteiger partial charge in [0.05, 0.1) is 19.0 Å². The van der Waals surface area contributed by atoms with Crippen LogP contribution >= 0.6 is 15.9 Å². The SMILES string of the molecule is COc1cc(Br)cc(Nc2ccc(N)cn2)c1. The van der Waals surface area contributed by atoms with Crippen LogP contribution in [0.5, 0.6) is 5.75 Å². The Morgan fingerprint density at radius 2 is 2.12 bits per heavy atom. The number of nitrogens with two attached hydrogens (primary N) is 1. The summed E-state index contributed by atoms with van der Waals surface area (Å²) < 4.78 is 6.12. The molecule has 2 rings (SSSR count). The van der Waals surface area contributed by atoms with Crippen molar-refractivity contribution in [2.75, 3.05) is 18.2 Å². The van der Waals surface area contributed by atoms with Crippen LogP contribution in [0.2, 0.25) is 0 Å². The number of halogens is 1. The molecule has 0 aliphatic rings. The molecule has 0 aliphatic heterocycles. The number of pyridine rings is 1. The second-order valence-electron chi connectivity index (χ2n) is 3.48. The van der Waals surface area contributed by atoms with Gasteiger partial charge in [0.15, 0.2) is 0 Å². The Labute approximate surface area is 108 Å². The number of nitrogens with zero attached hydrogens (tertiary/aromatic N) is 1. The van der Waals surface area contributed by atoms with Gasteiger partial charge in [-0.2, -0.15) is 0 Å². The van der Waals surface area contributed by atoms with Crippen LogP contribution in [-0.2, 0) is 0 Å². The van der Waals surface area contributed by atoms with Gasteiger partial charge in [-0.3, -0.25) is 0 Å². The van der Waals surface area contributed by atoms with Gasteiger partial charge in [0.2, 0.25) is 0 Å². The van der Waals surface area contributed by atoms with Gasteiger partial charge in [-0.1, -0.05) is 15.9 Å². The number of hydrogen-bond acceptors (Lipinski definition) is 4. The summed E-state index contributed by atoms with van der Waals surface area (Å²) >= 11 is 3.42. The van der Waals surface area contributed by atoms with E-state index in [4.69, 9.17) is 10.5 Å². The molecule has 0 spiro atoms. The Balaban J connectivity index is 2.23. The van der Waals surface area contributed by atoms with Gasteiger partial charge in [-0.15, -0.1) is 0 Å². The van der Waals surface area contributed by atoms with Crippen LogP contribution in [-0.4, -0.2) is 12.1 Å². The first-order chi connectivity index (χ1) is 8.17. The minimum Gasteiger partial charge on any atom is -0.497 e. The van der Waals surface area contributed by atoms with E-state index in [0.717, 1.165) is 21.7 Å². The van der Waals surface area contributed by atoms with Crippen molar-refractivity contribution in [2.24, 2.45) is 0 Å². The van der Waals surface area contributed by atoms with Gasteiger partial charge in [0, 0.05) is 16.2 Å². The molecular weight excluding hydrogens is 282 g/mol. The van der Waals surface area contributed by atoms with Crippen molar-refractivity contribution in [2.45, 2.75) is 0 Å². The number of nitrogens with one attached hydrogen (secondary N) is 1. The molecule has 1 aromatic carbocycles. The van der Waals surface area contributed by atoms with Crippen molar-refractivity contribution in [3.63, 3.8) is 0 Å². The number of anilines is 3. The molecule has 0 amide bonds. The highest BCUT2D eigenvalue weighted by atomic mass is 79.9. The molecule has 0 radical (unpaired) electrons. The molecule has 17 heavy (non-hydrogen) atoms. The van der Waals surface area contributed by atoms with Crippen LogP contribution in [0, 0.1) is 0 Å². The van der Waals surface area contributed by atoms with Crippen molar-refractivity contribution >= 4 is 33.1 Å². The van der Waals surface area contributed by atoms with Crippen LogP contribution in [0.3, 0.4) is 0 Å². The lowest BCUT2D eigenvalue weighted by atomic mass is 10.3. The molecule has 0 bridgehead atoms. The number of methoxy groups -OCH3 is 1. The molecule has 0 aliphatic carbocycles. The molecule has 3 N–H and O–H groups in total. The van der Waals surface area contributed by atoms with Gasteiger partial charge < -0.3 is 15.8 Å². The van der Waals surface area contributed by atoms with E-state index in [2.05, 4.69) is 26.2 Å². The van der Waals surface area contributed by atoms with E-state index in [1.165, 1.54) is 0 Å². The Hall–Kier alpha value is -1.75. The lowest BCUT2D eigenvalue weighted by Gasteiger charge is -2.08. The number of ether oxygens (including phenoxy) is 1. The number of benzene rings is 1. The Morgan fingerprint density at radius 3 is 2.76 bits per heavy atom. The maximum atomic E-state index is 5.57. The second-order valence-corrected chi connectivity index (χ2v) is 4.40. The lowest BCUT2D eigenvalue weighted by molar-refractivity contribution is 0.415. The minimum atomic E-state index is 0.641. The molecule has 0 atom stereocenters. The molecule has 1 aromatic heterocycles. The van der Waals surface area contributed by atoms with Gasteiger partial charge in [0.25, 0.3) is 0 Å². The number of nitrogen functional groups attached to an aromatic ring is 1. The molecule has 0 fully saturated rings. The summed E-state index contributed by atoms with van der Waals surface area (Å²) in [7, 11) is 1.63. The Kier molecular flexibility index (Phi) is 3.49. The first-order valence-corrected chi connectivity index (χ1v) is 5.80. The maximum Gasteiger partial charge on any atom is 0.130 e. The minimum absolute atomic E-state index is 0.641. The van der Waals surface area contributed by atoms with Crippen molar-refractivity contribution in [1.29, 1.82) is 0 Å². The molecule has 0 saturated carbocycles. The topological polar surface area (TPSA) is 60.2 Å². The third-order valence-corrected chi connectivity index (χ3v) is 2.62. The average molecular weight is 294 g/mol. The average Bonchev–Trinajstić information content (AvgIpc) is 2.31. The summed E-state index contributed by atoms with van der Waals surface area (Å²) in [6.45, 7) is 0. The van der Waals surface area contributed by atoms with E-state index >= 15 is 0 Å². The Morgan fingerprint density at radius 1 is 1.29 bits per heavy atom. The highest BCUT2D eigenvalue weighted by Gasteiger charge is 2.01. The van der Waals surface area contributed by atoms with Crippen molar-refractivity contribution in [3.8, 4) is 5.75 Å². The molecule has 5 heteroatoms. The van der Waals surface area contributed by atoms with Gasteiger partial charge >= 0.3 is 0 Å². The van der Waals surface area contributed by atoms with E-state index in [1.54, 1.807) is 19.4 Å². The number of hydrogen-bond donors (Lipinski definition) is 2. The maximum absolute atomic E-state index is 5.57. The first kappa shape index (κ1) is 11.7. The van der Waals surface area contributed by atoms with Crippen LogP contribution < -0.4 is 15.8 Å². The predicted molar refractivity (Wildman–Crippen MR) is 72.6 cm³/mol.